The van der Waals surface area contributed by atoms with Crippen molar-refractivity contribution in [2.45, 2.75) is 33.1 Å². The van der Waals surface area contributed by atoms with Crippen LogP contribution in [0.1, 0.15) is 39.0 Å². The molecule has 0 saturated heterocycles. The summed E-state index contributed by atoms with van der Waals surface area (Å²) < 4.78 is 0. The summed E-state index contributed by atoms with van der Waals surface area (Å²) in [6.45, 7) is 4.34. The molecule has 0 unspecified atom stereocenters. The molecule has 0 spiro atoms. The number of benzene rings is 1. The highest BCUT2D eigenvalue weighted by molar-refractivity contribution is 7.14. The minimum atomic E-state index is -0.0536. The Kier molecular flexibility index (Phi) is 5.53. The Balaban J connectivity index is 2.08. The molecule has 112 valence electrons. The van der Waals surface area contributed by atoms with Crippen LogP contribution in [-0.2, 0) is 12.8 Å². The van der Waals surface area contributed by atoms with Crippen molar-refractivity contribution in [1.82, 2.24) is 0 Å². The summed E-state index contributed by atoms with van der Waals surface area (Å²) in [6, 6.07) is 9.77. The van der Waals surface area contributed by atoms with Crippen molar-refractivity contribution >= 4 is 22.9 Å². The van der Waals surface area contributed by atoms with Gasteiger partial charge in [0.1, 0.15) is 0 Å². The molecule has 0 radical (unpaired) electrons. The smallest absolute Gasteiger partial charge is 0.265 e. The molecular weight excluding hydrogens is 282 g/mol. The van der Waals surface area contributed by atoms with Crippen molar-refractivity contribution in [3.63, 3.8) is 0 Å². The van der Waals surface area contributed by atoms with Crippen LogP contribution < -0.4 is 5.32 Å². The Hall–Kier alpha value is -1.65. The number of anilines is 1. The Labute approximate surface area is 129 Å². The van der Waals surface area contributed by atoms with E-state index in [1.54, 1.807) is 0 Å². The second-order valence-electron chi connectivity index (χ2n) is 5.03. The number of aliphatic hydroxyl groups excluding tert-OH is 1. The van der Waals surface area contributed by atoms with Crippen molar-refractivity contribution in [3.05, 3.63) is 51.2 Å². The SMILES string of the molecule is CCc1cc(C(=O)Nc2cccc(CCCO)c2)sc1C. The van der Waals surface area contributed by atoms with E-state index in [4.69, 9.17) is 5.11 Å². The number of thiophene rings is 1. The van der Waals surface area contributed by atoms with Gasteiger partial charge in [-0.05, 0) is 55.5 Å². The van der Waals surface area contributed by atoms with Crippen molar-refractivity contribution in [2.24, 2.45) is 0 Å². The largest absolute Gasteiger partial charge is 0.396 e. The lowest BCUT2D eigenvalue weighted by atomic mass is 10.1. The molecule has 3 nitrogen and oxygen atoms in total. The van der Waals surface area contributed by atoms with Crippen LogP contribution in [0, 0.1) is 6.92 Å². The van der Waals surface area contributed by atoms with E-state index in [1.807, 2.05) is 30.3 Å². The maximum atomic E-state index is 12.3. The van der Waals surface area contributed by atoms with Gasteiger partial charge in [0.25, 0.3) is 5.91 Å². The lowest BCUT2D eigenvalue weighted by Crippen LogP contribution is -2.10. The van der Waals surface area contributed by atoms with E-state index in [0.717, 1.165) is 35.4 Å². The molecule has 4 heteroatoms. The number of amides is 1. The van der Waals surface area contributed by atoms with Crippen molar-refractivity contribution in [2.75, 3.05) is 11.9 Å². The number of hydrogen-bond acceptors (Lipinski definition) is 3. The maximum Gasteiger partial charge on any atom is 0.265 e. The van der Waals surface area contributed by atoms with Gasteiger partial charge in [-0.25, -0.2) is 0 Å². The Morgan fingerprint density at radius 2 is 2.14 bits per heavy atom. The first-order valence-corrected chi connectivity index (χ1v) is 8.06. The van der Waals surface area contributed by atoms with E-state index in [9.17, 15) is 4.79 Å². The molecule has 0 saturated carbocycles. The number of nitrogens with one attached hydrogen (secondary N) is 1. The van der Waals surface area contributed by atoms with Crippen molar-refractivity contribution < 1.29 is 9.90 Å². The second-order valence-corrected chi connectivity index (χ2v) is 6.28. The molecule has 1 aromatic carbocycles. The van der Waals surface area contributed by atoms with Gasteiger partial charge in [0, 0.05) is 17.2 Å². The number of carbonyl (C=O) groups excluding carboxylic acids is 1. The fourth-order valence-corrected chi connectivity index (χ4v) is 3.27. The predicted molar refractivity (Wildman–Crippen MR) is 88.2 cm³/mol. The first-order chi connectivity index (χ1) is 10.1. The van der Waals surface area contributed by atoms with Gasteiger partial charge in [-0.1, -0.05) is 19.1 Å². The standard InChI is InChI=1S/C17H21NO2S/c1-3-14-11-16(21-12(14)2)17(20)18-15-8-4-6-13(10-15)7-5-9-19/h4,6,8,10-11,19H,3,5,7,9H2,1-2H3,(H,18,20). The molecule has 2 N–H and O–H groups in total. The average molecular weight is 303 g/mol. The number of hydrogen-bond donors (Lipinski definition) is 2. The minimum Gasteiger partial charge on any atom is -0.396 e. The van der Waals surface area contributed by atoms with E-state index in [2.05, 4.69) is 19.2 Å². The summed E-state index contributed by atoms with van der Waals surface area (Å²) >= 11 is 1.54. The molecule has 1 amide bonds. The molecule has 0 aliphatic rings. The zero-order valence-corrected chi connectivity index (χ0v) is 13.3. The third-order valence-corrected chi connectivity index (χ3v) is 4.53. The van der Waals surface area contributed by atoms with Crippen LogP contribution in [0.2, 0.25) is 0 Å². The van der Waals surface area contributed by atoms with Crippen LogP contribution >= 0.6 is 11.3 Å². The summed E-state index contributed by atoms with van der Waals surface area (Å²) in [7, 11) is 0. The first kappa shape index (κ1) is 15.7. The number of aliphatic hydroxyl groups is 1. The van der Waals surface area contributed by atoms with E-state index in [1.165, 1.54) is 21.8 Å². The molecule has 2 rings (SSSR count). The van der Waals surface area contributed by atoms with Crippen LogP contribution in [0.25, 0.3) is 0 Å². The summed E-state index contributed by atoms with van der Waals surface area (Å²) in [4.78, 5) is 14.2. The van der Waals surface area contributed by atoms with Gasteiger partial charge in [0.15, 0.2) is 0 Å². The van der Waals surface area contributed by atoms with Crippen LogP contribution in [0.4, 0.5) is 5.69 Å². The van der Waals surface area contributed by atoms with Gasteiger partial charge < -0.3 is 10.4 Å². The highest BCUT2D eigenvalue weighted by Gasteiger charge is 2.12. The molecule has 0 aliphatic carbocycles. The highest BCUT2D eigenvalue weighted by atomic mass is 32.1. The molecule has 0 atom stereocenters. The van der Waals surface area contributed by atoms with Crippen LogP contribution in [-0.4, -0.2) is 17.6 Å². The van der Waals surface area contributed by atoms with Crippen LogP contribution in [0.5, 0.6) is 0 Å². The average Bonchev–Trinajstić information content (AvgIpc) is 2.87. The second kappa shape index (κ2) is 7.38. The maximum absolute atomic E-state index is 12.3. The number of aryl methyl sites for hydroxylation is 3. The number of carbonyl (C=O) groups is 1. The Bertz CT molecular complexity index is 619. The lowest BCUT2D eigenvalue weighted by molar-refractivity contribution is 0.103. The summed E-state index contributed by atoms with van der Waals surface area (Å²) in [5, 5.41) is 11.8. The molecular formula is C17H21NO2S. The third kappa shape index (κ3) is 4.16. The van der Waals surface area contributed by atoms with Gasteiger partial charge >= 0.3 is 0 Å². The predicted octanol–water partition coefficient (Wildman–Crippen LogP) is 3.80. The van der Waals surface area contributed by atoms with Crippen LogP contribution in [0.15, 0.2) is 30.3 Å². The van der Waals surface area contributed by atoms with Gasteiger partial charge in [-0.15, -0.1) is 11.3 Å². The van der Waals surface area contributed by atoms with Crippen LogP contribution in [0.3, 0.4) is 0 Å². The molecule has 1 heterocycles. The van der Waals surface area contributed by atoms with E-state index < -0.39 is 0 Å². The van der Waals surface area contributed by atoms with Gasteiger partial charge in [0.05, 0.1) is 4.88 Å². The van der Waals surface area contributed by atoms with Crippen molar-refractivity contribution in [1.29, 1.82) is 0 Å². The normalized spacial score (nSPS) is 10.6. The Morgan fingerprint density at radius 3 is 2.81 bits per heavy atom. The quantitative estimate of drug-likeness (QED) is 0.853. The molecule has 0 aliphatic heterocycles. The lowest BCUT2D eigenvalue weighted by Gasteiger charge is -2.06. The zero-order valence-electron chi connectivity index (χ0n) is 12.5. The fourth-order valence-electron chi connectivity index (χ4n) is 2.26. The van der Waals surface area contributed by atoms with Crippen molar-refractivity contribution in [3.8, 4) is 0 Å². The molecule has 2 aromatic rings. The summed E-state index contributed by atoms with van der Waals surface area (Å²) in [5.41, 5.74) is 3.17. The Morgan fingerprint density at radius 1 is 1.33 bits per heavy atom. The molecule has 1 aromatic heterocycles. The molecule has 0 bridgehead atoms. The van der Waals surface area contributed by atoms with Gasteiger partial charge in [0.2, 0.25) is 0 Å². The summed E-state index contributed by atoms with van der Waals surface area (Å²) in [6.07, 6.45) is 2.51. The fraction of sp³-hybridized carbons (Fsp3) is 0.353. The highest BCUT2D eigenvalue weighted by Crippen LogP contribution is 2.23. The number of rotatable bonds is 6. The minimum absolute atomic E-state index is 0.0536. The molecule has 21 heavy (non-hydrogen) atoms. The molecule has 0 fully saturated rings. The van der Waals surface area contributed by atoms with Gasteiger partial charge in [-0.3, -0.25) is 4.79 Å². The monoisotopic (exact) mass is 303 g/mol. The van der Waals surface area contributed by atoms with E-state index >= 15 is 0 Å². The van der Waals surface area contributed by atoms with E-state index in [0.29, 0.717) is 0 Å². The first-order valence-electron chi connectivity index (χ1n) is 7.24. The zero-order chi connectivity index (χ0) is 15.2. The summed E-state index contributed by atoms with van der Waals surface area (Å²) in [5.74, 6) is -0.0536. The van der Waals surface area contributed by atoms with E-state index in [-0.39, 0.29) is 12.5 Å². The topological polar surface area (TPSA) is 49.3 Å². The van der Waals surface area contributed by atoms with Gasteiger partial charge in [-0.2, -0.15) is 0 Å². The third-order valence-electron chi connectivity index (χ3n) is 3.43.